The molecule has 1 aliphatic carbocycles. The van der Waals surface area contributed by atoms with E-state index in [2.05, 4.69) is 47.4 Å². The molecule has 0 bridgehead atoms. The SMILES string of the molecule is CNC(c1cc2c(s1)CCCC2)c1cc(Br)sc1C. The molecule has 0 saturated heterocycles. The molecular formula is C15H18BrNS2. The van der Waals surface area contributed by atoms with Crippen LogP contribution in [0.1, 0.15) is 44.6 Å². The summed E-state index contributed by atoms with van der Waals surface area (Å²) >= 11 is 7.44. The summed E-state index contributed by atoms with van der Waals surface area (Å²) in [5.74, 6) is 0. The summed E-state index contributed by atoms with van der Waals surface area (Å²) in [7, 11) is 2.06. The fourth-order valence-electron chi connectivity index (χ4n) is 2.85. The molecule has 1 unspecified atom stereocenters. The Morgan fingerprint density at radius 2 is 2.00 bits per heavy atom. The molecular weight excluding hydrogens is 338 g/mol. The van der Waals surface area contributed by atoms with Crippen LogP contribution < -0.4 is 5.32 Å². The Bertz CT molecular complexity index is 561. The minimum absolute atomic E-state index is 0.346. The lowest BCUT2D eigenvalue weighted by atomic mass is 9.98. The molecule has 0 saturated carbocycles. The van der Waals surface area contributed by atoms with Crippen molar-refractivity contribution in [1.82, 2.24) is 5.32 Å². The Hall–Kier alpha value is -0.160. The van der Waals surface area contributed by atoms with E-state index in [1.165, 1.54) is 44.8 Å². The zero-order chi connectivity index (χ0) is 13.4. The molecule has 102 valence electrons. The standard InChI is InChI=1S/C15H18BrNS2/c1-9-11(8-14(16)18-9)15(17-2)13-7-10-5-3-4-6-12(10)19-13/h7-8,15,17H,3-6H2,1-2H3. The summed E-state index contributed by atoms with van der Waals surface area (Å²) in [6.45, 7) is 2.21. The fraction of sp³-hybridized carbons (Fsp3) is 0.467. The van der Waals surface area contributed by atoms with Crippen LogP contribution >= 0.6 is 38.6 Å². The lowest BCUT2D eigenvalue weighted by molar-refractivity contribution is 0.691. The summed E-state index contributed by atoms with van der Waals surface area (Å²) in [5, 5.41) is 3.49. The van der Waals surface area contributed by atoms with Gasteiger partial charge >= 0.3 is 0 Å². The van der Waals surface area contributed by atoms with E-state index in [0.29, 0.717) is 6.04 Å². The van der Waals surface area contributed by atoms with Gasteiger partial charge in [0.25, 0.3) is 0 Å². The minimum atomic E-state index is 0.346. The summed E-state index contributed by atoms with van der Waals surface area (Å²) in [4.78, 5) is 4.49. The van der Waals surface area contributed by atoms with E-state index in [9.17, 15) is 0 Å². The summed E-state index contributed by atoms with van der Waals surface area (Å²) < 4.78 is 1.22. The summed E-state index contributed by atoms with van der Waals surface area (Å²) in [6, 6.07) is 5.05. The maximum atomic E-state index is 3.60. The maximum absolute atomic E-state index is 3.60. The van der Waals surface area contributed by atoms with Crippen LogP contribution in [0.25, 0.3) is 0 Å². The molecule has 2 aromatic rings. The second-order valence-electron chi connectivity index (χ2n) is 5.09. The summed E-state index contributed by atoms with van der Waals surface area (Å²) in [6.07, 6.45) is 5.27. The Morgan fingerprint density at radius 3 is 2.63 bits per heavy atom. The van der Waals surface area contributed by atoms with Gasteiger partial charge in [-0.15, -0.1) is 22.7 Å². The Kier molecular flexibility index (Phi) is 4.13. The van der Waals surface area contributed by atoms with Gasteiger partial charge < -0.3 is 5.32 Å². The zero-order valence-electron chi connectivity index (χ0n) is 11.3. The molecule has 2 heterocycles. The number of hydrogen-bond acceptors (Lipinski definition) is 3. The number of thiophene rings is 2. The number of aryl methyl sites for hydroxylation is 3. The predicted molar refractivity (Wildman–Crippen MR) is 88.6 cm³/mol. The molecule has 1 N–H and O–H groups in total. The smallest absolute Gasteiger partial charge is 0.0704 e. The van der Waals surface area contributed by atoms with Crippen molar-refractivity contribution in [3.8, 4) is 0 Å². The van der Waals surface area contributed by atoms with Gasteiger partial charge in [-0.3, -0.25) is 0 Å². The van der Waals surface area contributed by atoms with Crippen LogP contribution in [0.15, 0.2) is 15.9 Å². The van der Waals surface area contributed by atoms with Gasteiger partial charge in [0.05, 0.1) is 9.83 Å². The minimum Gasteiger partial charge on any atom is -0.309 e. The Balaban J connectivity index is 1.98. The third kappa shape index (κ3) is 2.68. The van der Waals surface area contributed by atoms with Gasteiger partial charge in [-0.1, -0.05) is 0 Å². The molecule has 0 amide bonds. The van der Waals surface area contributed by atoms with Crippen molar-refractivity contribution >= 4 is 38.6 Å². The van der Waals surface area contributed by atoms with E-state index in [0.717, 1.165) is 0 Å². The molecule has 0 fully saturated rings. The molecule has 4 heteroatoms. The van der Waals surface area contributed by atoms with Crippen molar-refractivity contribution < 1.29 is 0 Å². The van der Waals surface area contributed by atoms with Gasteiger partial charge in [0.2, 0.25) is 0 Å². The lowest BCUT2D eigenvalue weighted by Gasteiger charge is -2.14. The van der Waals surface area contributed by atoms with E-state index in [1.54, 1.807) is 10.4 Å². The fourth-order valence-corrected chi connectivity index (χ4v) is 5.99. The van der Waals surface area contributed by atoms with Gasteiger partial charge in [-0.2, -0.15) is 0 Å². The van der Waals surface area contributed by atoms with E-state index < -0.39 is 0 Å². The van der Waals surface area contributed by atoms with Gasteiger partial charge in [0.1, 0.15) is 0 Å². The van der Waals surface area contributed by atoms with Crippen LogP contribution in [0.2, 0.25) is 0 Å². The molecule has 3 rings (SSSR count). The van der Waals surface area contributed by atoms with Gasteiger partial charge in [0.15, 0.2) is 0 Å². The average Bonchev–Trinajstić information content (AvgIpc) is 2.94. The number of nitrogens with one attached hydrogen (secondary N) is 1. The first-order chi connectivity index (χ1) is 9.19. The highest BCUT2D eigenvalue weighted by Gasteiger charge is 2.21. The first-order valence-electron chi connectivity index (χ1n) is 6.73. The van der Waals surface area contributed by atoms with E-state index in [4.69, 9.17) is 0 Å². The van der Waals surface area contributed by atoms with E-state index >= 15 is 0 Å². The number of fused-ring (bicyclic) bond motifs is 1. The molecule has 1 atom stereocenters. The predicted octanol–water partition coefficient (Wildman–Crippen LogP) is 5.07. The first kappa shape index (κ1) is 13.8. The molecule has 2 aromatic heterocycles. The van der Waals surface area contributed by atoms with Crippen LogP contribution in [0.5, 0.6) is 0 Å². The maximum Gasteiger partial charge on any atom is 0.0704 e. The number of rotatable bonds is 3. The molecule has 0 radical (unpaired) electrons. The molecule has 1 aliphatic rings. The summed E-state index contributed by atoms with van der Waals surface area (Å²) in [5.41, 5.74) is 3.01. The highest BCUT2D eigenvalue weighted by atomic mass is 79.9. The second kappa shape index (κ2) is 5.68. The Labute approximate surface area is 131 Å². The van der Waals surface area contributed by atoms with Crippen LogP contribution in [0.3, 0.4) is 0 Å². The van der Waals surface area contributed by atoms with Crippen LogP contribution in [-0.2, 0) is 12.8 Å². The van der Waals surface area contributed by atoms with Gasteiger partial charge in [-0.25, -0.2) is 0 Å². The lowest BCUT2D eigenvalue weighted by Crippen LogP contribution is -2.16. The zero-order valence-corrected chi connectivity index (χ0v) is 14.5. The van der Waals surface area contributed by atoms with Gasteiger partial charge in [0, 0.05) is 14.6 Å². The molecule has 0 spiro atoms. The average molecular weight is 356 g/mol. The molecule has 0 aliphatic heterocycles. The Morgan fingerprint density at radius 1 is 1.21 bits per heavy atom. The van der Waals surface area contributed by atoms with E-state index in [1.807, 2.05) is 22.7 Å². The van der Waals surface area contributed by atoms with E-state index in [-0.39, 0.29) is 0 Å². The normalized spacial score (nSPS) is 16.4. The third-order valence-corrected chi connectivity index (χ3v) is 6.70. The molecule has 0 aromatic carbocycles. The van der Waals surface area contributed by atoms with Crippen molar-refractivity contribution in [3.63, 3.8) is 0 Å². The molecule has 1 nitrogen and oxygen atoms in total. The van der Waals surface area contributed by atoms with Crippen molar-refractivity contribution in [2.24, 2.45) is 0 Å². The highest BCUT2D eigenvalue weighted by molar-refractivity contribution is 9.11. The number of hydrogen-bond donors (Lipinski definition) is 1. The first-order valence-corrected chi connectivity index (χ1v) is 9.16. The third-order valence-electron chi connectivity index (χ3n) is 3.83. The largest absolute Gasteiger partial charge is 0.309 e. The topological polar surface area (TPSA) is 12.0 Å². The van der Waals surface area contributed by atoms with Crippen LogP contribution in [0.4, 0.5) is 0 Å². The van der Waals surface area contributed by atoms with Gasteiger partial charge in [-0.05, 0) is 78.8 Å². The van der Waals surface area contributed by atoms with Crippen LogP contribution in [-0.4, -0.2) is 7.05 Å². The van der Waals surface area contributed by atoms with Crippen molar-refractivity contribution in [2.75, 3.05) is 7.05 Å². The monoisotopic (exact) mass is 355 g/mol. The molecule has 19 heavy (non-hydrogen) atoms. The van der Waals surface area contributed by atoms with Crippen molar-refractivity contribution in [1.29, 1.82) is 0 Å². The van der Waals surface area contributed by atoms with Crippen molar-refractivity contribution in [2.45, 2.75) is 38.6 Å². The second-order valence-corrected chi connectivity index (χ2v) is 8.89. The van der Waals surface area contributed by atoms with Crippen molar-refractivity contribution in [3.05, 3.63) is 41.7 Å². The highest BCUT2D eigenvalue weighted by Crippen LogP contribution is 2.38. The number of halogens is 1. The quantitative estimate of drug-likeness (QED) is 0.810. The van der Waals surface area contributed by atoms with Crippen LogP contribution in [0, 0.1) is 6.92 Å².